The Labute approximate surface area is 772 Å². The standard InChI is InChI=1S/C94H117F3N16O19S/c1-11-12-30-74-91(130)110(7)51-79(118)102-70(47-81(120)121)87(126)108-82(55(4)5)93(132)112(9)75(44-56-22-15-13-16-23-56)88(127)106-71(42-59-33-37-64(115)38-34-59)89(128)109(6)50-78(117)101-69(46-61-48-99-66-29-20-19-28-65(61)66)86(125)105-68(41-58-31-35-63(114)36-32-58)85(124)104-67(39-54(2)3)84(123)107-73(83(122)100-49-77(98)116)52-133-53-80(119)103-72(43-60-26-21-27-62(40-60)94(95,96)97)90(129)113(10)76(92(131)111(74)8)45-57-24-17-14-18-25-57/h13-29,31-38,40,48,54-55,67-76,82,99,114-115H,11-12,30,39,41-47,49-53H2,1-10H3,(H2,98,116)(H,100,122)(H,101,117)(H,102,118)(H,103,119)(H,104,124)(H,105,125)(H,106,127)(H,107,123)(H,108,126)(H,120,121)/t67-,68-,69-,70-,71-,72-,73-,74-,75-,76-,82-/m0/s1. The minimum Gasteiger partial charge on any atom is -0.508 e. The molecule has 0 bridgehead atoms. The first-order valence-corrected chi connectivity index (χ1v) is 44.5. The number of carbonyl (C=O) groups excluding carboxylic acids is 15. The quantitative estimate of drug-likeness (QED) is 0.0437. The molecular weight excluding hydrogens is 1750 g/mol. The average molecular weight is 1860 g/mol. The summed E-state index contributed by atoms with van der Waals surface area (Å²) in [6.45, 7) is 5.79. The summed E-state index contributed by atoms with van der Waals surface area (Å²) >= 11 is 0.686. The number of likely N-dealkylation sites (N-methyl/N-ethyl adjacent to an activating group) is 5. The molecule has 7 aromatic rings. The van der Waals surface area contributed by atoms with Gasteiger partial charge in [-0.2, -0.15) is 13.2 Å². The highest BCUT2D eigenvalue weighted by Crippen LogP contribution is 2.31. The van der Waals surface area contributed by atoms with Gasteiger partial charge in [-0.15, -0.1) is 11.8 Å². The van der Waals surface area contributed by atoms with Crippen LogP contribution in [0.2, 0.25) is 0 Å². The van der Waals surface area contributed by atoms with E-state index < -0.39 is 229 Å². The SMILES string of the molecule is CCCC[C@H]1C(=O)N(C)CC(=O)N[C@@H](CC(=O)O)C(=O)N[C@@H](C(C)C)C(=O)N(C)[C@@H](Cc2ccccc2)C(=O)N[C@@H](Cc2ccc(O)cc2)C(=O)N(C)CC(=O)N[C@@H](Cc2c[nH]c3ccccc23)C(=O)N[C@@H](Cc2ccc(O)cc2)C(=O)N[C@@H](CC(C)C)C(=O)N[C@H](C(=O)NCC(N)=O)CSCC(=O)N[C@@H](Cc2cccc(C(F)(F)F)c2)C(=O)N(C)[C@@H](Cc2ccccc2)C(=O)N1C. The van der Waals surface area contributed by atoms with Gasteiger partial charge in [0, 0.05) is 96.6 Å². The van der Waals surface area contributed by atoms with E-state index in [1.165, 1.54) is 104 Å². The first kappa shape index (κ1) is 104. The summed E-state index contributed by atoms with van der Waals surface area (Å²) in [5.41, 5.74) is 7.00. The van der Waals surface area contributed by atoms with Crippen LogP contribution in [0.25, 0.3) is 10.9 Å². The second-order valence-electron chi connectivity index (χ2n) is 33.8. The number of alkyl halides is 3. The Hall–Kier alpha value is -13.9. The second kappa shape index (κ2) is 49.4. The number of halogens is 3. The molecule has 2 heterocycles. The number of phenols is 2. The number of amides is 15. The molecule has 0 unspecified atom stereocenters. The van der Waals surface area contributed by atoms with E-state index in [4.69, 9.17) is 5.73 Å². The molecule has 0 aliphatic carbocycles. The van der Waals surface area contributed by atoms with Crippen LogP contribution in [0.3, 0.4) is 0 Å². The van der Waals surface area contributed by atoms with Crippen LogP contribution in [0.15, 0.2) is 164 Å². The van der Waals surface area contributed by atoms with Crippen molar-refractivity contribution in [3.8, 4) is 11.5 Å². The number of primary amides is 1. The molecule has 0 saturated carbocycles. The molecule has 0 radical (unpaired) electrons. The van der Waals surface area contributed by atoms with Gasteiger partial charge in [0.2, 0.25) is 88.6 Å². The van der Waals surface area contributed by atoms with Crippen molar-refractivity contribution in [3.63, 3.8) is 0 Å². The molecule has 0 spiro atoms. The normalized spacial score (nSPS) is 21.8. The molecule has 1 saturated heterocycles. The van der Waals surface area contributed by atoms with E-state index in [2.05, 4.69) is 52.8 Å². The molecule has 15 N–H and O–H groups in total. The number of H-pyrrole nitrogens is 1. The molecule has 6 aromatic carbocycles. The van der Waals surface area contributed by atoms with Gasteiger partial charge in [-0.1, -0.05) is 169 Å². The fraction of sp³-hybridized carbons (Fsp3) is 0.426. The van der Waals surface area contributed by atoms with E-state index in [1.54, 1.807) is 112 Å². The number of carboxylic acid groups (broad SMARTS) is 1. The maximum Gasteiger partial charge on any atom is 0.416 e. The third-order valence-electron chi connectivity index (χ3n) is 22.5. The molecule has 8 rings (SSSR count). The second-order valence-corrected chi connectivity index (χ2v) is 34.8. The first-order chi connectivity index (χ1) is 63.0. The Balaban J connectivity index is 1.23. The van der Waals surface area contributed by atoms with E-state index >= 15 is 38.4 Å². The Morgan fingerprint density at radius 3 is 1.53 bits per heavy atom. The molecule has 35 nitrogen and oxygen atoms in total. The molecule has 1 fully saturated rings. The number of aliphatic carboxylic acids is 1. The molecule has 714 valence electrons. The van der Waals surface area contributed by atoms with Crippen molar-refractivity contribution >= 4 is 117 Å². The molecule has 1 aromatic heterocycles. The van der Waals surface area contributed by atoms with Crippen LogP contribution < -0.4 is 53.6 Å². The van der Waals surface area contributed by atoms with Crippen molar-refractivity contribution in [2.75, 3.05) is 66.4 Å². The number of nitrogens with one attached hydrogen (secondary N) is 10. The van der Waals surface area contributed by atoms with Crippen LogP contribution in [0.5, 0.6) is 11.5 Å². The number of benzene rings is 6. The summed E-state index contributed by atoms with van der Waals surface area (Å²) in [5.74, 6) is -19.2. The van der Waals surface area contributed by atoms with Gasteiger partial charge in [0.1, 0.15) is 78.0 Å². The number of fused-ring (bicyclic) bond motifs is 1. The number of thioether (sulfide) groups is 1. The van der Waals surface area contributed by atoms with Crippen molar-refractivity contribution in [2.45, 2.75) is 178 Å². The minimum absolute atomic E-state index is 0.0658. The van der Waals surface area contributed by atoms with E-state index in [0.717, 1.165) is 42.7 Å². The molecule has 1 aliphatic heterocycles. The maximum atomic E-state index is 15.6. The summed E-state index contributed by atoms with van der Waals surface area (Å²) in [4.78, 5) is 243. The number of aromatic hydroxyl groups is 2. The molecule has 11 atom stereocenters. The predicted octanol–water partition coefficient (Wildman–Crippen LogP) is 3.35. The summed E-state index contributed by atoms with van der Waals surface area (Å²) in [5, 5.41) is 55.0. The smallest absolute Gasteiger partial charge is 0.416 e. The van der Waals surface area contributed by atoms with Crippen LogP contribution in [0, 0.1) is 11.8 Å². The number of nitrogens with two attached hydrogens (primary N) is 1. The lowest BCUT2D eigenvalue weighted by molar-refractivity contribution is -0.151. The molecule has 15 amide bonds. The van der Waals surface area contributed by atoms with Crippen LogP contribution >= 0.6 is 11.8 Å². The van der Waals surface area contributed by atoms with Crippen molar-refractivity contribution < 1.29 is 105 Å². The van der Waals surface area contributed by atoms with Gasteiger partial charge in [-0.25, -0.2) is 0 Å². The zero-order chi connectivity index (χ0) is 97.7. The lowest BCUT2D eigenvalue weighted by Crippen LogP contribution is -2.61. The average Bonchev–Trinajstić information content (AvgIpc) is 0.832. The molecule has 1 aliphatic rings. The minimum atomic E-state index is -4.89. The summed E-state index contributed by atoms with van der Waals surface area (Å²) in [6, 6.07) is 20.6. The fourth-order valence-electron chi connectivity index (χ4n) is 15.2. The number of nitrogens with zero attached hydrogens (tertiary/aromatic N) is 5. The lowest BCUT2D eigenvalue weighted by Gasteiger charge is -2.37. The Morgan fingerprint density at radius 2 is 0.962 bits per heavy atom. The third-order valence-corrected chi connectivity index (χ3v) is 23.5. The number of aromatic nitrogens is 1. The van der Waals surface area contributed by atoms with Gasteiger partial charge in [-0.05, 0) is 94.5 Å². The van der Waals surface area contributed by atoms with Crippen LogP contribution in [0.1, 0.15) is 106 Å². The number of rotatable bonds is 23. The van der Waals surface area contributed by atoms with Gasteiger partial charge in [0.05, 0.1) is 37.4 Å². The summed E-state index contributed by atoms with van der Waals surface area (Å²) in [6.07, 6.45) is -5.99. The topological polar surface area (TPSA) is 500 Å². The summed E-state index contributed by atoms with van der Waals surface area (Å²) in [7, 11) is 6.16. The maximum absolute atomic E-state index is 15.6. The summed E-state index contributed by atoms with van der Waals surface area (Å²) < 4.78 is 43.3. The highest BCUT2D eigenvalue weighted by atomic mass is 32.2. The highest BCUT2D eigenvalue weighted by Gasteiger charge is 2.43. The van der Waals surface area contributed by atoms with Gasteiger partial charge in [0.15, 0.2) is 0 Å². The van der Waals surface area contributed by atoms with E-state index in [1.807, 2.05) is 0 Å². The first-order valence-electron chi connectivity index (χ1n) is 43.4. The van der Waals surface area contributed by atoms with Gasteiger partial charge in [0.25, 0.3) is 0 Å². The number of phenolic OH excluding ortho intramolecular Hbond substituents is 2. The van der Waals surface area contributed by atoms with Crippen LogP contribution in [0.4, 0.5) is 13.2 Å². The van der Waals surface area contributed by atoms with Crippen molar-refractivity contribution in [2.24, 2.45) is 17.6 Å². The lowest BCUT2D eigenvalue weighted by atomic mass is 9.98. The Morgan fingerprint density at radius 1 is 0.489 bits per heavy atom. The number of carboxylic acids is 1. The largest absolute Gasteiger partial charge is 0.508 e. The zero-order valence-corrected chi connectivity index (χ0v) is 76.5. The fourth-order valence-corrected chi connectivity index (χ4v) is 16.1. The molecule has 39 heteroatoms. The van der Waals surface area contributed by atoms with Crippen molar-refractivity contribution in [3.05, 3.63) is 203 Å². The Bertz CT molecular complexity index is 5270. The van der Waals surface area contributed by atoms with Gasteiger partial charge < -0.3 is 98.4 Å². The highest BCUT2D eigenvalue weighted by molar-refractivity contribution is 8.00. The zero-order valence-electron chi connectivity index (χ0n) is 75.6. The van der Waals surface area contributed by atoms with Crippen molar-refractivity contribution in [1.29, 1.82) is 0 Å². The number of unbranched alkanes of at least 4 members (excludes halogenated alkanes) is 1. The number of aromatic amines is 1. The van der Waals surface area contributed by atoms with Crippen LogP contribution in [-0.4, -0.2) is 272 Å². The van der Waals surface area contributed by atoms with Gasteiger partial charge >= 0.3 is 12.1 Å². The van der Waals surface area contributed by atoms with E-state index in [9.17, 15) is 66.8 Å². The number of hydrogen-bond acceptors (Lipinski definition) is 19. The monoisotopic (exact) mass is 1860 g/mol. The predicted molar refractivity (Wildman–Crippen MR) is 487 cm³/mol. The molecule has 133 heavy (non-hydrogen) atoms. The third kappa shape index (κ3) is 31.4. The molecular formula is C94H117F3N16O19S. The number of para-hydroxylation sites is 1. The number of carbonyl (C=O) groups is 16. The number of hydrogen-bond donors (Lipinski definition) is 14. The Kier molecular flexibility index (Phi) is 38.8. The van der Waals surface area contributed by atoms with Crippen molar-refractivity contribution in [1.82, 2.24) is 77.3 Å². The van der Waals surface area contributed by atoms with Gasteiger partial charge in [-0.3, -0.25) is 76.7 Å². The van der Waals surface area contributed by atoms with E-state index in [0.29, 0.717) is 56.9 Å². The van der Waals surface area contributed by atoms with Crippen LogP contribution in [-0.2, 0) is 121 Å². The van der Waals surface area contributed by atoms with E-state index in [-0.39, 0.29) is 68.4 Å².